The van der Waals surface area contributed by atoms with Crippen LogP contribution < -0.4 is 14.8 Å². The number of carbonyl (C=O) groups excluding carboxylic acids is 2. The van der Waals surface area contributed by atoms with Crippen molar-refractivity contribution in [2.24, 2.45) is 5.92 Å². The number of aromatic nitrogens is 1. The summed E-state index contributed by atoms with van der Waals surface area (Å²) in [4.78, 5) is 32.8. The van der Waals surface area contributed by atoms with E-state index in [9.17, 15) is 9.59 Å². The lowest BCUT2D eigenvalue weighted by atomic mass is 9.93. The average molecular weight is 478 g/mol. The molecule has 0 atom stereocenters. The lowest BCUT2D eigenvalue weighted by Gasteiger charge is -2.31. The Labute approximate surface area is 202 Å². The van der Waals surface area contributed by atoms with Crippen LogP contribution in [0.5, 0.6) is 11.5 Å². The van der Waals surface area contributed by atoms with Gasteiger partial charge < -0.3 is 19.7 Å². The first-order valence-corrected chi connectivity index (χ1v) is 12.4. The fourth-order valence-electron chi connectivity index (χ4n) is 4.37. The van der Waals surface area contributed by atoms with Crippen molar-refractivity contribution in [3.05, 3.63) is 64.7 Å². The van der Waals surface area contributed by atoms with Crippen molar-refractivity contribution in [2.75, 3.05) is 19.9 Å². The minimum Gasteiger partial charge on any atom is -0.454 e. The largest absolute Gasteiger partial charge is 0.454 e. The average Bonchev–Trinajstić information content (AvgIpc) is 3.49. The Hall–Kier alpha value is -3.39. The van der Waals surface area contributed by atoms with Crippen molar-refractivity contribution in [1.29, 1.82) is 0 Å². The minimum absolute atomic E-state index is 0.0354. The van der Waals surface area contributed by atoms with E-state index < -0.39 is 0 Å². The highest BCUT2D eigenvalue weighted by Crippen LogP contribution is 2.33. The van der Waals surface area contributed by atoms with Gasteiger partial charge >= 0.3 is 0 Å². The van der Waals surface area contributed by atoms with Gasteiger partial charge in [0.1, 0.15) is 9.88 Å². The molecular weight excluding hydrogens is 450 g/mol. The Morgan fingerprint density at radius 3 is 2.65 bits per heavy atom. The van der Waals surface area contributed by atoms with E-state index in [1.165, 1.54) is 11.3 Å². The van der Waals surface area contributed by atoms with Gasteiger partial charge in [0.2, 0.25) is 12.7 Å². The Bertz CT molecular complexity index is 1190. The lowest BCUT2D eigenvalue weighted by molar-refractivity contribution is -0.122. The van der Waals surface area contributed by atoms with Gasteiger partial charge in [-0.05, 0) is 43.4 Å². The van der Waals surface area contributed by atoms with Crippen molar-refractivity contribution < 1.29 is 19.1 Å². The molecule has 0 aliphatic carbocycles. The first kappa shape index (κ1) is 22.4. The number of nitrogens with zero attached hydrogens (tertiary/aromatic N) is 2. The lowest BCUT2D eigenvalue weighted by Crippen LogP contribution is -2.39. The smallest absolute Gasteiger partial charge is 0.265 e. The van der Waals surface area contributed by atoms with E-state index in [1.54, 1.807) is 0 Å². The zero-order chi connectivity index (χ0) is 23.5. The number of amides is 2. The highest BCUT2D eigenvalue weighted by atomic mass is 32.1. The molecule has 2 aliphatic heterocycles. The Morgan fingerprint density at radius 2 is 1.85 bits per heavy atom. The molecule has 0 unspecified atom stereocenters. The van der Waals surface area contributed by atoms with E-state index in [0.717, 1.165) is 46.2 Å². The van der Waals surface area contributed by atoms with Crippen molar-refractivity contribution >= 4 is 23.2 Å². The zero-order valence-corrected chi connectivity index (χ0v) is 19.9. The summed E-state index contributed by atoms with van der Waals surface area (Å²) < 4.78 is 10.7. The van der Waals surface area contributed by atoms with Crippen LogP contribution in [0.2, 0.25) is 0 Å². The maximum Gasteiger partial charge on any atom is 0.265 e. The number of benzene rings is 2. The maximum atomic E-state index is 13.1. The molecule has 34 heavy (non-hydrogen) atoms. The van der Waals surface area contributed by atoms with Crippen LogP contribution in [0.4, 0.5) is 0 Å². The second kappa shape index (κ2) is 9.85. The van der Waals surface area contributed by atoms with Crippen LogP contribution >= 0.6 is 11.3 Å². The van der Waals surface area contributed by atoms with E-state index in [1.807, 2.05) is 60.4 Å². The quantitative estimate of drug-likeness (QED) is 0.569. The summed E-state index contributed by atoms with van der Waals surface area (Å²) >= 11 is 1.45. The molecule has 1 fully saturated rings. The van der Waals surface area contributed by atoms with Crippen LogP contribution in [0.25, 0.3) is 10.6 Å². The molecule has 1 saturated heterocycles. The molecular formula is C26H27N3O4S. The molecule has 0 bridgehead atoms. The number of aryl methyl sites for hydroxylation is 1. The number of hydrogen-bond donors (Lipinski definition) is 1. The highest BCUT2D eigenvalue weighted by molar-refractivity contribution is 7.17. The highest BCUT2D eigenvalue weighted by Gasteiger charge is 2.27. The predicted octanol–water partition coefficient (Wildman–Crippen LogP) is 4.41. The number of carbonyl (C=O) groups is 2. The van der Waals surface area contributed by atoms with Crippen LogP contribution in [0.3, 0.4) is 0 Å². The predicted molar refractivity (Wildman–Crippen MR) is 130 cm³/mol. The van der Waals surface area contributed by atoms with Gasteiger partial charge in [0, 0.05) is 31.6 Å². The number of ether oxygens (including phenoxy) is 2. The van der Waals surface area contributed by atoms with Crippen LogP contribution in [-0.2, 0) is 11.3 Å². The molecule has 176 valence electrons. The summed E-state index contributed by atoms with van der Waals surface area (Å²) in [6.07, 6.45) is 2.13. The van der Waals surface area contributed by atoms with Gasteiger partial charge in [-0.2, -0.15) is 0 Å². The van der Waals surface area contributed by atoms with Crippen molar-refractivity contribution in [3.63, 3.8) is 0 Å². The first-order valence-electron chi connectivity index (χ1n) is 11.5. The molecule has 0 saturated carbocycles. The van der Waals surface area contributed by atoms with Gasteiger partial charge in [-0.25, -0.2) is 4.98 Å². The molecule has 0 radical (unpaired) electrons. The van der Waals surface area contributed by atoms with Crippen LogP contribution in [0.15, 0.2) is 48.5 Å². The van der Waals surface area contributed by atoms with Crippen molar-refractivity contribution in [1.82, 2.24) is 15.2 Å². The third kappa shape index (κ3) is 4.92. The molecule has 5 rings (SSSR count). The summed E-state index contributed by atoms with van der Waals surface area (Å²) in [6.45, 7) is 3.92. The molecule has 1 aromatic heterocycles. The molecule has 1 N–H and O–H groups in total. The SMILES string of the molecule is Cc1nc(-c2ccccc2)sc1C(=O)N1CCC(CC(=O)NCc2ccc3c(c2)OCO3)CC1. The standard InChI is InChI=1S/C26H27N3O4S/c1-17-24(34-25(28-17)20-5-3-2-4-6-20)26(31)29-11-9-18(10-12-29)14-23(30)27-15-19-7-8-21-22(13-19)33-16-32-21/h2-8,13,18H,9-12,14-16H2,1H3,(H,27,30). The summed E-state index contributed by atoms with van der Waals surface area (Å²) in [6, 6.07) is 15.6. The van der Waals surface area contributed by atoms with Crippen molar-refractivity contribution in [2.45, 2.75) is 32.7 Å². The number of rotatable bonds is 6. The van der Waals surface area contributed by atoms with Gasteiger partial charge in [0.05, 0.1) is 5.69 Å². The fourth-order valence-corrected chi connectivity index (χ4v) is 5.41. The van der Waals surface area contributed by atoms with Crippen LogP contribution in [0, 0.1) is 12.8 Å². The minimum atomic E-state index is 0.0354. The molecule has 3 heterocycles. The summed E-state index contributed by atoms with van der Waals surface area (Å²) in [5.41, 5.74) is 2.78. The van der Waals surface area contributed by atoms with Gasteiger partial charge in [0.15, 0.2) is 11.5 Å². The normalized spacial score (nSPS) is 15.4. The Morgan fingerprint density at radius 1 is 1.09 bits per heavy atom. The monoisotopic (exact) mass is 477 g/mol. The van der Waals surface area contributed by atoms with Crippen molar-refractivity contribution in [3.8, 4) is 22.1 Å². The molecule has 2 amide bonds. The van der Waals surface area contributed by atoms with Gasteiger partial charge in [-0.15, -0.1) is 11.3 Å². The molecule has 7 nitrogen and oxygen atoms in total. The zero-order valence-electron chi connectivity index (χ0n) is 19.1. The van der Waals surface area contributed by atoms with E-state index in [2.05, 4.69) is 10.3 Å². The molecule has 3 aromatic rings. The van der Waals surface area contributed by atoms with Gasteiger partial charge in [0.25, 0.3) is 5.91 Å². The number of fused-ring (bicyclic) bond motifs is 1. The van der Waals surface area contributed by atoms with Gasteiger partial charge in [-0.1, -0.05) is 36.4 Å². The van der Waals surface area contributed by atoms with E-state index >= 15 is 0 Å². The third-order valence-corrected chi connectivity index (χ3v) is 7.51. The van der Waals surface area contributed by atoms with E-state index in [4.69, 9.17) is 9.47 Å². The van der Waals surface area contributed by atoms with Crippen LogP contribution in [0.1, 0.15) is 40.2 Å². The molecule has 2 aliphatic rings. The van der Waals surface area contributed by atoms with Crippen LogP contribution in [-0.4, -0.2) is 41.6 Å². The molecule has 8 heteroatoms. The molecule has 0 spiro atoms. The van der Waals surface area contributed by atoms with E-state index in [0.29, 0.717) is 30.9 Å². The second-order valence-corrected chi connectivity index (χ2v) is 9.70. The Balaban J connectivity index is 1.10. The summed E-state index contributed by atoms with van der Waals surface area (Å²) in [7, 11) is 0. The second-order valence-electron chi connectivity index (χ2n) is 8.70. The fraction of sp³-hybridized carbons (Fsp3) is 0.346. The summed E-state index contributed by atoms with van der Waals surface area (Å²) in [5.74, 6) is 1.82. The number of piperidine rings is 1. The number of likely N-dealkylation sites (tertiary alicyclic amines) is 1. The third-order valence-electron chi connectivity index (χ3n) is 6.31. The van der Waals surface area contributed by atoms with E-state index in [-0.39, 0.29) is 24.5 Å². The van der Waals surface area contributed by atoms with Gasteiger partial charge in [-0.3, -0.25) is 9.59 Å². The number of nitrogens with one attached hydrogen (secondary N) is 1. The Kier molecular flexibility index (Phi) is 6.49. The number of thiazole rings is 1. The topological polar surface area (TPSA) is 80.8 Å². The first-order chi connectivity index (χ1) is 16.6. The molecule has 2 aromatic carbocycles. The maximum absolute atomic E-state index is 13.1. The summed E-state index contributed by atoms with van der Waals surface area (Å²) in [5, 5.41) is 3.87. The number of hydrogen-bond acceptors (Lipinski definition) is 6.